The first-order valence-corrected chi connectivity index (χ1v) is 6.93. The van der Waals surface area contributed by atoms with E-state index in [9.17, 15) is 14.0 Å². The molecular formula is C16H14FN3O3. The number of nitrogens with one attached hydrogen (secondary N) is 2. The molecule has 2 N–H and O–H groups in total. The number of aromatic nitrogens is 1. The second-order valence-electron chi connectivity index (χ2n) is 5.36. The van der Waals surface area contributed by atoms with Gasteiger partial charge in [0, 0.05) is 11.9 Å². The van der Waals surface area contributed by atoms with E-state index in [0.29, 0.717) is 17.0 Å². The predicted molar refractivity (Wildman–Crippen MR) is 81.7 cm³/mol. The van der Waals surface area contributed by atoms with E-state index in [1.54, 1.807) is 19.1 Å². The Balaban J connectivity index is 1.86. The van der Waals surface area contributed by atoms with E-state index in [1.807, 2.05) is 0 Å². The van der Waals surface area contributed by atoms with Crippen molar-refractivity contribution in [1.82, 2.24) is 4.98 Å². The molecule has 1 aromatic carbocycles. The zero-order chi connectivity index (χ0) is 16.6. The summed E-state index contributed by atoms with van der Waals surface area (Å²) in [5.74, 6) is -1.09. The number of nitrogens with zero attached hydrogens (tertiary/aromatic N) is 1. The number of benzene rings is 1. The van der Waals surface area contributed by atoms with Gasteiger partial charge in [-0.2, -0.15) is 0 Å². The number of fused-ring (bicyclic) bond motifs is 1. The van der Waals surface area contributed by atoms with E-state index in [-0.39, 0.29) is 11.6 Å². The molecule has 0 radical (unpaired) electrons. The number of hydrogen-bond donors (Lipinski definition) is 2. The van der Waals surface area contributed by atoms with Crippen molar-refractivity contribution < 1.29 is 18.7 Å². The van der Waals surface area contributed by atoms with Crippen LogP contribution < -0.4 is 15.4 Å². The van der Waals surface area contributed by atoms with E-state index in [2.05, 4.69) is 15.6 Å². The fraction of sp³-hybridized carbons (Fsp3) is 0.188. The van der Waals surface area contributed by atoms with E-state index >= 15 is 0 Å². The minimum Gasteiger partial charge on any atom is -0.464 e. The number of pyridine rings is 1. The van der Waals surface area contributed by atoms with Gasteiger partial charge in [0.15, 0.2) is 11.6 Å². The molecule has 0 fully saturated rings. The molecule has 23 heavy (non-hydrogen) atoms. The van der Waals surface area contributed by atoms with Gasteiger partial charge in [0.2, 0.25) is 0 Å². The van der Waals surface area contributed by atoms with Gasteiger partial charge in [-0.1, -0.05) is 0 Å². The average molecular weight is 315 g/mol. The molecule has 6 nitrogen and oxygen atoms in total. The van der Waals surface area contributed by atoms with E-state index in [0.717, 1.165) is 0 Å². The summed E-state index contributed by atoms with van der Waals surface area (Å²) in [5, 5.41) is 5.11. The lowest BCUT2D eigenvalue weighted by Gasteiger charge is -2.32. The second-order valence-corrected chi connectivity index (χ2v) is 5.36. The number of hydrogen-bond acceptors (Lipinski definition) is 4. The molecule has 2 aromatic rings. The summed E-state index contributed by atoms with van der Waals surface area (Å²) in [5.41, 5.74) is -0.988. The normalized spacial score (nSPS) is 19.3. The van der Waals surface area contributed by atoms with Gasteiger partial charge < -0.3 is 15.4 Å². The Kier molecular flexibility index (Phi) is 3.48. The van der Waals surface area contributed by atoms with Crippen molar-refractivity contribution in [2.24, 2.45) is 0 Å². The maximum atomic E-state index is 13.3. The summed E-state index contributed by atoms with van der Waals surface area (Å²) in [4.78, 5) is 28.7. The molecule has 0 saturated carbocycles. The van der Waals surface area contributed by atoms with Gasteiger partial charge in [-0.15, -0.1) is 0 Å². The van der Waals surface area contributed by atoms with E-state index in [4.69, 9.17) is 4.74 Å². The summed E-state index contributed by atoms with van der Waals surface area (Å²) in [7, 11) is 0. The summed E-state index contributed by atoms with van der Waals surface area (Å²) >= 11 is 0. The minimum atomic E-state index is -1.75. The highest BCUT2D eigenvalue weighted by Crippen LogP contribution is 2.32. The quantitative estimate of drug-likeness (QED) is 0.833. The van der Waals surface area contributed by atoms with Gasteiger partial charge in [0.1, 0.15) is 5.82 Å². The van der Waals surface area contributed by atoms with Crippen LogP contribution in [0, 0.1) is 12.7 Å². The van der Waals surface area contributed by atoms with Crippen LogP contribution in [0.2, 0.25) is 0 Å². The Morgan fingerprint density at radius 2 is 2.17 bits per heavy atom. The summed E-state index contributed by atoms with van der Waals surface area (Å²) in [6.45, 7) is 2.95. The lowest BCUT2D eigenvalue weighted by Crippen LogP contribution is -2.56. The van der Waals surface area contributed by atoms with Crippen molar-refractivity contribution in [3.8, 4) is 5.75 Å². The van der Waals surface area contributed by atoms with Crippen LogP contribution in [0.4, 0.5) is 15.9 Å². The van der Waals surface area contributed by atoms with Crippen molar-refractivity contribution in [2.75, 3.05) is 10.6 Å². The molecule has 1 aromatic heterocycles. The summed E-state index contributed by atoms with van der Waals surface area (Å²) in [6, 6.07) is 7.38. The van der Waals surface area contributed by atoms with Crippen LogP contribution in [0.25, 0.3) is 0 Å². The van der Waals surface area contributed by atoms with Crippen LogP contribution in [0.15, 0.2) is 36.5 Å². The highest BCUT2D eigenvalue weighted by Gasteiger charge is 2.47. The highest BCUT2D eigenvalue weighted by molar-refractivity contribution is 6.18. The number of carbonyl (C=O) groups is 2. The third-order valence-electron chi connectivity index (χ3n) is 3.60. The van der Waals surface area contributed by atoms with Gasteiger partial charge >= 0.3 is 0 Å². The van der Waals surface area contributed by atoms with Gasteiger partial charge in [0.25, 0.3) is 17.4 Å². The minimum absolute atomic E-state index is 0.264. The molecule has 0 saturated heterocycles. The molecular weight excluding hydrogens is 301 g/mol. The standard InChI is InChI=1S/C16H14FN3O3/c1-9-8-10(5-6-11(9)17)19-14(21)16(2)15(22)20-13-12(23-16)4-3-7-18-13/h3-8H,1-2H3,(H,19,21)(H,18,20,22)/t16-/m0/s1. The van der Waals surface area contributed by atoms with Crippen molar-refractivity contribution in [1.29, 1.82) is 0 Å². The summed E-state index contributed by atoms with van der Waals surface area (Å²) < 4.78 is 18.8. The Hall–Kier alpha value is -2.96. The Bertz CT molecular complexity index is 809. The molecule has 2 heterocycles. The maximum absolute atomic E-state index is 13.3. The Morgan fingerprint density at radius 1 is 1.39 bits per heavy atom. The molecule has 1 aliphatic heterocycles. The lowest BCUT2D eigenvalue weighted by atomic mass is 10.0. The average Bonchev–Trinajstić information content (AvgIpc) is 2.52. The lowest BCUT2D eigenvalue weighted by molar-refractivity contribution is -0.143. The molecule has 1 aliphatic rings. The molecule has 2 amide bonds. The van der Waals surface area contributed by atoms with Crippen LogP contribution in [-0.4, -0.2) is 22.4 Å². The molecule has 0 unspecified atom stereocenters. The number of aryl methyl sites for hydroxylation is 1. The number of anilines is 2. The molecule has 7 heteroatoms. The van der Waals surface area contributed by atoms with Crippen LogP contribution >= 0.6 is 0 Å². The molecule has 0 aliphatic carbocycles. The Morgan fingerprint density at radius 3 is 2.91 bits per heavy atom. The fourth-order valence-corrected chi connectivity index (χ4v) is 2.18. The third kappa shape index (κ3) is 2.61. The first kappa shape index (κ1) is 15.0. The molecule has 118 valence electrons. The number of ether oxygens (including phenoxy) is 1. The highest BCUT2D eigenvalue weighted by atomic mass is 19.1. The first-order valence-electron chi connectivity index (χ1n) is 6.93. The maximum Gasteiger partial charge on any atom is 0.279 e. The van der Waals surface area contributed by atoms with Crippen molar-refractivity contribution in [2.45, 2.75) is 19.4 Å². The third-order valence-corrected chi connectivity index (χ3v) is 3.60. The van der Waals surface area contributed by atoms with Crippen molar-refractivity contribution in [3.63, 3.8) is 0 Å². The van der Waals surface area contributed by atoms with Gasteiger partial charge in [0.05, 0.1) is 0 Å². The van der Waals surface area contributed by atoms with Crippen molar-refractivity contribution >= 4 is 23.3 Å². The van der Waals surface area contributed by atoms with Crippen LogP contribution in [0.3, 0.4) is 0 Å². The fourth-order valence-electron chi connectivity index (χ4n) is 2.18. The molecule has 1 atom stereocenters. The van der Waals surface area contributed by atoms with Gasteiger partial charge in [-0.3, -0.25) is 9.59 Å². The Labute approximate surface area is 131 Å². The number of halogens is 1. The molecule has 3 rings (SSSR count). The second kappa shape index (κ2) is 5.35. The van der Waals surface area contributed by atoms with E-state index in [1.165, 1.54) is 31.3 Å². The largest absolute Gasteiger partial charge is 0.464 e. The molecule has 0 bridgehead atoms. The zero-order valence-electron chi connectivity index (χ0n) is 12.5. The van der Waals surface area contributed by atoms with Crippen LogP contribution in [0.5, 0.6) is 5.75 Å². The SMILES string of the molecule is Cc1cc(NC(=O)[C@]2(C)Oc3cccnc3NC2=O)ccc1F. The van der Waals surface area contributed by atoms with Gasteiger partial charge in [-0.25, -0.2) is 9.37 Å². The zero-order valence-corrected chi connectivity index (χ0v) is 12.5. The number of rotatable bonds is 2. The topological polar surface area (TPSA) is 80.3 Å². The summed E-state index contributed by atoms with van der Waals surface area (Å²) in [6.07, 6.45) is 1.51. The van der Waals surface area contributed by atoms with E-state index < -0.39 is 17.4 Å². The molecule has 0 spiro atoms. The monoisotopic (exact) mass is 315 g/mol. The number of amides is 2. The number of carbonyl (C=O) groups excluding carboxylic acids is 2. The van der Waals surface area contributed by atoms with Crippen LogP contribution in [0.1, 0.15) is 12.5 Å². The first-order chi connectivity index (χ1) is 10.9. The smallest absolute Gasteiger partial charge is 0.279 e. The predicted octanol–water partition coefficient (Wildman–Crippen LogP) is 2.26. The van der Waals surface area contributed by atoms with Gasteiger partial charge in [-0.05, 0) is 49.7 Å². The van der Waals surface area contributed by atoms with Crippen LogP contribution in [-0.2, 0) is 9.59 Å². The van der Waals surface area contributed by atoms with Crippen molar-refractivity contribution in [3.05, 3.63) is 47.9 Å².